The van der Waals surface area contributed by atoms with Gasteiger partial charge in [-0.05, 0) is 36.8 Å². The number of carboxylic acids is 1. The predicted molar refractivity (Wildman–Crippen MR) is 66.3 cm³/mol. The van der Waals surface area contributed by atoms with E-state index in [0.717, 1.165) is 22.4 Å². The lowest BCUT2D eigenvalue weighted by Gasteiger charge is -2.14. The second kappa shape index (κ2) is 5.75. The first-order valence-electron chi connectivity index (χ1n) is 5.29. The molecule has 0 heterocycles. The standard InChI is InChI=1S/C13H16O2S/c1-9(8-13(14)15)7-11-5-3-4-6-12(11)10(2)16/h3-6,9H,7-8H2,1-2H3,(H,14,15)/p-1. The highest BCUT2D eigenvalue weighted by atomic mass is 32.1. The number of carboxylic acid groups (broad SMARTS) is 1. The Morgan fingerprint density at radius 2 is 2.06 bits per heavy atom. The highest BCUT2D eigenvalue weighted by Gasteiger charge is 2.08. The van der Waals surface area contributed by atoms with Crippen LogP contribution in [0, 0.1) is 5.92 Å². The zero-order valence-corrected chi connectivity index (χ0v) is 10.3. The van der Waals surface area contributed by atoms with Gasteiger partial charge in [-0.25, -0.2) is 0 Å². The van der Waals surface area contributed by atoms with Crippen LogP contribution in [0.25, 0.3) is 0 Å². The van der Waals surface area contributed by atoms with E-state index in [4.69, 9.17) is 12.2 Å². The van der Waals surface area contributed by atoms with Crippen LogP contribution in [0.4, 0.5) is 0 Å². The lowest BCUT2D eigenvalue weighted by molar-refractivity contribution is -0.306. The molecule has 0 aliphatic heterocycles. The maximum absolute atomic E-state index is 10.5. The summed E-state index contributed by atoms with van der Waals surface area (Å²) in [5, 5.41) is 10.5. The molecule has 0 N–H and O–H groups in total. The number of thiocarbonyl (C=S) groups is 1. The molecule has 86 valence electrons. The molecule has 0 saturated carbocycles. The van der Waals surface area contributed by atoms with Crippen molar-refractivity contribution in [2.24, 2.45) is 5.92 Å². The molecule has 16 heavy (non-hydrogen) atoms. The number of aliphatic carboxylic acids is 1. The average Bonchev–Trinajstić information content (AvgIpc) is 2.16. The van der Waals surface area contributed by atoms with E-state index in [1.165, 1.54) is 0 Å². The van der Waals surface area contributed by atoms with E-state index in [0.29, 0.717) is 0 Å². The summed E-state index contributed by atoms with van der Waals surface area (Å²) in [6, 6.07) is 7.86. The minimum absolute atomic E-state index is 0.0699. The van der Waals surface area contributed by atoms with Crippen molar-refractivity contribution in [1.82, 2.24) is 0 Å². The van der Waals surface area contributed by atoms with Gasteiger partial charge in [0, 0.05) is 10.8 Å². The molecule has 2 nitrogen and oxygen atoms in total. The fraction of sp³-hybridized carbons (Fsp3) is 0.385. The van der Waals surface area contributed by atoms with Crippen molar-refractivity contribution in [3.63, 3.8) is 0 Å². The summed E-state index contributed by atoms with van der Waals surface area (Å²) in [6.45, 7) is 3.79. The first kappa shape index (κ1) is 12.8. The van der Waals surface area contributed by atoms with Gasteiger partial charge in [0.05, 0.1) is 0 Å². The molecule has 0 aliphatic rings. The van der Waals surface area contributed by atoms with Crippen molar-refractivity contribution in [1.29, 1.82) is 0 Å². The van der Waals surface area contributed by atoms with Gasteiger partial charge in [-0.3, -0.25) is 0 Å². The number of rotatable bonds is 5. The van der Waals surface area contributed by atoms with Gasteiger partial charge in [0.2, 0.25) is 0 Å². The third kappa shape index (κ3) is 3.74. The Balaban J connectivity index is 2.80. The highest BCUT2D eigenvalue weighted by Crippen LogP contribution is 2.16. The third-order valence-electron chi connectivity index (χ3n) is 2.48. The quantitative estimate of drug-likeness (QED) is 0.576. The van der Waals surface area contributed by atoms with Crippen LogP contribution >= 0.6 is 12.2 Å². The summed E-state index contributed by atoms with van der Waals surface area (Å²) in [5.41, 5.74) is 2.16. The van der Waals surface area contributed by atoms with Gasteiger partial charge < -0.3 is 9.90 Å². The molecule has 1 aromatic rings. The molecular weight excluding hydrogens is 220 g/mol. The number of carbonyl (C=O) groups excluding carboxylic acids is 1. The smallest absolute Gasteiger partial charge is 0.0417 e. The number of hydrogen-bond donors (Lipinski definition) is 0. The van der Waals surface area contributed by atoms with Gasteiger partial charge in [0.15, 0.2) is 0 Å². The first-order chi connectivity index (χ1) is 7.50. The first-order valence-corrected chi connectivity index (χ1v) is 5.70. The van der Waals surface area contributed by atoms with Crippen molar-refractivity contribution >= 4 is 23.1 Å². The van der Waals surface area contributed by atoms with Gasteiger partial charge in [-0.15, -0.1) is 0 Å². The molecule has 0 aliphatic carbocycles. The van der Waals surface area contributed by atoms with Crippen LogP contribution in [0.3, 0.4) is 0 Å². The largest absolute Gasteiger partial charge is 0.550 e. The molecule has 1 aromatic carbocycles. The van der Waals surface area contributed by atoms with Crippen LogP contribution < -0.4 is 5.11 Å². The van der Waals surface area contributed by atoms with E-state index in [1.54, 1.807) is 0 Å². The van der Waals surface area contributed by atoms with Gasteiger partial charge in [-0.1, -0.05) is 43.4 Å². The van der Waals surface area contributed by atoms with Crippen molar-refractivity contribution in [3.8, 4) is 0 Å². The lowest BCUT2D eigenvalue weighted by atomic mass is 9.94. The Bertz CT molecular complexity index is 399. The van der Waals surface area contributed by atoms with E-state index >= 15 is 0 Å². The Labute approximate surface area is 101 Å². The summed E-state index contributed by atoms with van der Waals surface area (Å²) in [4.78, 5) is 11.3. The predicted octanol–water partition coefficient (Wildman–Crippen LogP) is 1.74. The molecule has 1 rings (SSSR count). The molecule has 1 unspecified atom stereocenters. The average molecular weight is 235 g/mol. The number of hydrogen-bond acceptors (Lipinski definition) is 3. The normalized spacial score (nSPS) is 12.1. The van der Waals surface area contributed by atoms with E-state index in [-0.39, 0.29) is 12.3 Å². The Kier molecular flexibility index (Phi) is 4.62. The topological polar surface area (TPSA) is 40.1 Å². The van der Waals surface area contributed by atoms with Crippen LogP contribution in [-0.4, -0.2) is 10.8 Å². The highest BCUT2D eigenvalue weighted by molar-refractivity contribution is 7.80. The number of benzene rings is 1. The Morgan fingerprint density at radius 3 is 2.62 bits per heavy atom. The van der Waals surface area contributed by atoms with E-state index in [1.807, 2.05) is 38.1 Å². The molecule has 0 amide bonds. The van der Waals surface area contributed by atoms with Crippen LogP contribution in [0.2, 0.25) is 0 Å². The Morgan fingerprint density at radius 1 is 1.44 bits per heavy atom. The molecule has 0 saturated heterocycles. The fourth-order valence-corrected chi connectivity index (χ4v) is 1.97. The van der Waals surface area contributed by atoms with E-state index in [2.05, 4.69) is 0 Å². The fourth-order valence-electron chi connectivity index (χ4n) is 1.77. The maximum Gasteiger partial charge on any atom is 0.0417 e. The van der Waals surface area contributed by atoms with E-state index < -0.39 is 5.97 Å². The van der Waals surface area contributed by atoms with Crippen molar-refractivity contribution in [2.75, 3.05) is 0 Å². The SMILES string of the molecule is CC(=S)c1ccccc1CC(C)CC(=O)[O-]. The monoisotopic (exact) mass is 235 g/mol. The van der Waals surface area contributed by atoms with Gasteiger partial charge in [-0.2, -0.15) is 0 Å². The molecule has 1 atom stereocenters. The summed E-state index contributed by atoms with van der Waals surface area (Å²) < 4.78 is 0. The maximum atomic E-state index is 10.5. The van der Waals surface area contributed by atoms with Gasteiger partial charge in [0.25, 0.3) is 0 Å². The minimum Gasteiger partial charge on any atom is -0.550 e. The third-order valence-corrected chi connectivity index (χ3v) is 2.70. The van der Waals surface area contributed by atoms with Crippen molar-refractivity contribution in [2.45, 2.75) is 26.7 Å². The van der Waals surface area contributed by atoms with Crippen molar-refractivity contribution in [3.05, 3.63) is 35.4 Å². The summed E-state index contributed by atoms with van der Waals surface area (Å²) >= 11 is 5.16. The van der Waals surface area contributed by atoms with Crippen LogP contribution in [0.5, 0.6) is 0 Å². The number of carbonyl (C=O) groups is 1. The Hall–Kier alpha value is -1.22. The molecular formula is C13H15O2S-. The van der Waals surface area contributed by atoms with Gasteiger partial charge in [0.1, 0.15) is 0 Å². The molecule has 0 aromatic heterocycles. The van der Waals surface area contributed by atoms with E-state index in [9.17, 15) is 9.90 Å². The van der Waals surface area contributed by atoms with Crippen LogP contribution in [-0.2, 0) is 11.2 Å². The molecule has 0 spiro atoms. The van der Waals surface area contributed by atoms with Crippen molar-refractivity contribution < 1.29 is 9.90 Å². The zero-order chi connectivity index (χ0) is 12.1. The molecule has 3 heteroatoms. The summed E-state index contributed by atoms with van der Waals surface area (Å²) in [6.07, 6.45) is 0.808. The summed E-state index contributed by atoms with van der Waals surface area (Å²) in [7, 11) is 0. The second-order valence-corrected chi connectivity index (χ2v) is 4.71. The summed E-state index contributed by atoms with van der Waals surface area (Å²) in [5.74, 6) is -0.926. The minimum atomic E-state index is -0.996. The van der Waals surface area contributed by atoms with Crippen LogP contribution in [0.15, 0.2) is 24.3 Å². The van der Waals surface area contributed by atoms with Crippen LogP contribution in [0.1, 0.15) is 31.4 Å². The van der Waals surface area contributed by atoms with Gasteiger partial charge >= 0.3 is 0 Å². The lowest BCUT2D eigenvalue weighted by Crippen LogP contribution is -2.25. The second-order valence-electron chi connectivity index (χ2n) is 4.10. The molecule has 0 radical (unpaired) electrons. The molecule has 0 bridgehead atoms. The molecule has 0 fully saturated rings. The zero-order valence-electron chi connectivity index (χ0n) is 9.53.